The first-order valence-electron chi connectivity index (χ1n) is 8.00. The summed E-state index contributed by atoms with van der Waals surface area (Å²) in [5.41, 5.74) is -3.15. The second kappa shape index (κ2) is 7.66. The molecule has 12 heteroatoms. The van der Waals surface area contributed by atoms with Crippen LogP contribution in [0.3, 0.4) is 0 Å². The maximum atomic E-state index is 13.5. The highest BCUT2D eigenvalue weighted by Gasteiger charge is 2.33. The summed E-state index contributed by atoms with van der Waals surface area (Å²) in [5.74, 6) is -1.54. The lowest BCUT2D eigenvalue weighted by molar-refractivity contribution is -0.138. The lowest BCUT2D eigenvalue weighted by Gasteiger charge is -2.14. The van der Waals surface area contributed by atoms with Crippen molar-refractivity contribution >= 4 is 0 Å². The van der Waals surface area contributed by atoms with Crippen molar-refractivity contribution in [1.29, 1.82) is 5.26 Å². The molecular formula is C18H9F7N4O. The Hall–Kier alpha value is -3.62. The molecule has 0 radical (unpaired) electrons. The number of hydrogen-bond donors (Lipinski definition) is 1. The van der Waals surface area contributed by atoms with E-state index in [1.807, 2.05) is 0 Å². The number of rotatable bonds is 4. The smallest absolute Gasteiger partial charge is 0.416 e. The van der Waals surface area contributed by atoms with Crippen LogP contribution in [0, 0.1) is 17.1 Å². The van der Waals surface area contributed by atoms with Crippen LogP contribution in [0.25, 0.3) is 11.3 Å². The highest BCUT2D eigenvalue weighted by atomic mass is 19.4. The fourth-order valence-electron chi connectivity index (χ4n) is 2.55. The number of hydrogen-bond acceptors (Lipinski definition) is 4. The van der Waals surface area contributed by atoms with Gasteiger partial charge in [-0.3, -0.25) is 0 Å². The van der Waals surface area contributed by atoms with Crippen LogP contribution >= 0.6 is 0 Å². The van der Waals surface area contributed by atoms with Gasteiger partial charge in [0.1, 0.15) is 29.9 Å². The highest BCUT2D eigenvalue weighted by Crippen LogP contribution is 2.36. The van der Waals surface area contributed by atoms with Gasteiger partial charge in [-0.05, 0) is 42.0 Å². The van der Waals surface area contributed by atoms with Gasteiger partial charge in [0.05, 0.1) is 11.1 Å². The summed E-state index contributed by atoms with van der Waals surface area (Å²) in [5, 5.41) is 18.1. The molecule has 5 nitrogen and oxygen atoms in total. The van der Waals surface area contributed by atoms with Crippen molar-refractivity contribution in [2.45, 2.75) is 19.0 Å². The van der Waals surface area contributed by atoms with Crippen LogP contribution in [0.15, 0.2) is 36.4 Å². The zero-order chi connectivity index (χ0) is 22.1. The number of nitriles is 1. The molecule has 0 amide bonds. The molecule has 1 N–H and O–H groups in total. The largest absolute Gasteiger partial charge is 0.489 e. The minimum atomic E-state index is -4.80. The zero-order valence-corrected chi connectivity index (χ0v) is 14.6. The summed E-state index contributed by atoms with van der Waals surface area (Å²) in [6.45, 7) is -0.633. The van der Waals surface area contributed by atoms with Crippen LogP contribution in [0.2, 0.25) is 0 Å². The number of halogens is 7. The molecule has 0 atom stereocenters. The first kappa shape index (κ1) is 21.1. The van der Waals surface area contributed by atoms with E-state index in [2.05, 4.69) is 15.4 Å². The van der Waals surface area contributed by atoms with E-state index in [1.165, 1.54) is 0 Å². The minimum Gasteiger partial charge on any atom is -0.489 e. The average molecular weight is 430 g/mol. The second-order valence-electron chi connectivity index (χ2n) is 6.03. The molecule has 156 valence electrons. The SMILES string of the molecule is N#Cc1[nH]nnc1-c1cc(OCc2cc(F)cc(C(F)(F)F)c2)cc(C(F)(F)F)c1. The van der Waals surface area contributed by atoms with Gasteiger partial charge in [-0.15, -0.1) is 5.10 Å². The van der Waals surface area contributed by atoms with Crippen LogP contribution in [-0.4, -0.2) is 15.4 Å². The number of ether oxygens (including phenoxy) is 1. The van der Waals surface area contributed by atoms with Gasteiger partial charge in [0.25, 0.3) is 0 Å². The number of alkyl halides is 6. The predicted octanol–water partition coefficient (Wildman–Crippen LogP) is 5.10. The number of aromatic nitrogens is 3. The molecule has 0 aliphatic heterocycles. The Morgan fingerprint density at radius 2 is 1.60 bits per heavy atom. The predicted molar refractivity (Wildman–Crippen MR) is 87.3 cm³/mol. The van der Waals surface area contributed by atoms with Gasteiger partial charge in [0.15, 0.2) is 5.69 Å². The third-order valence-corrected chi connectivity index (χ3v) is 3.86. The van der Waals surface area contributed by atoms with Crippen molar-refractivity contribution in [2.75, 3.05) is 0 Å². The fourth-order valence-corrected chi connectivity index (χ4v) is 2.55. The lowest BCUT2D eigenvalue weighted by Crippen LogP contribution is -2.08. The first-order chi connectivity index (χ1) is 14.0. The fraction of sp³-hybridized carbons (Fsp3) is 0.167. The summed E-state index contributed by atoms with van der Waals surface area (Å²) in [6.07, 6.45) is -9.59. The van der Waals surface area contributed by atoms with Crippen LogP contribution < -0.4 is 4.74 Å². The molecule has 0 fully saturated rings. The summed E-state index contributed by atoms with van der Waals surface area (Å²) in [4.78, 5) is 0. The van der Waals surface area contributed by atoms with Gasteiger partial charge in [-0.2, -0.15) is 31.6 Å². The molecule has 30 heavy (non-hydrogen) atoms. The minimum absolute atomic E-state index is 0.152. The first-order valence-corrected chi connectivity index (χ1v) is 8.00. The molecule has 3 aromatic rings. The monoisotopic (exact) mass is 430 g/mol. The van der Waals surface area contributed by atoms with Crippen LogP contribution in [0.4, 0.5) is 30.7 Å². The summed E-state index contributed by atoms with van der Waals surface area (Å²) < 4.78 is 96.8. The van der Waals surface area contributed by atoms with E-state index in [9.17, 15) is 30.7 Å². The Bertz CT molecular complexity index is 1110. The molecular weight excluding hydrogens is 421 g/mol. The number of aromatic amines is 1. The van der Waals surface area contributed by atoms with Crippen molar-refractivity contribution in [1.82, 2.24) is 15.4 Å². The highest BCUT2D eigenvalue weighted by molar-refractivity contribution is 5.67. The summed E-state index contributed by atoms with van der Waals surface area (Å²) in [6, 6.07) is 5.83. The van der Waals surface area contributed by atoms with E-state index in [-0.39, 0.29) is 28.3 Å². The normalized spacial score (nSPS) is 11.9. The Kier molecular flexibility index (Phi) is 5.39. The molecule has 0 unspecified atom stereocenters. The van der Waals surface area contributed by atoms with Gasteiger partial charge in [0.2, 0.25) is 0 Å². The Labute approximate surface area is 163 Å². The molecule has 0 saturated carbocycles. The molecule has 0 aliphatic carbocycles. The van der Waals surface area contributed by atoms with Crippen molar-refractivity contribution < 1.29 is 35.5 Å². The maximum absolute atomic E-state index is 13.5. The standard InChI is InChI=1S/C18H9F7N4O/c19-13-2-9(1-11(5-13)17(20,21)22)8-30-14-4-10(3-12(6-14)18(23,24)25)16-15(7-26)27-29-28-16/h1-6H,8H2,(H,27,28,29). The number of nitrogens with one attached hydrogen (secondary N) is 1. The van der Waals surface area contributed by atoms with Gasteiger partial charge in [0, 0.05) is 5.56 Å². The van der Waals surface area contributed by atoms with Crippen molar-refractivity contribution in [3.8, 4) is 23.1 Å². The number of benzene rings is 2. The average Bonchev–Trinajstić information content (AvgIpc) is 3.13. The quantitative estimate of drug-likeness (QED) is 0.585. The van der Waals surface area contributed by atoms with Crippen LogP contribution in [-0.2, 0) is 19.0 Å². The van der Waals surface area contributed by atoms with Crippen molar-refractivity contribution in [2.24, 2.45) is 0 Å². The summed E-state index contributed by atoms with van der Waals surface area (Å²) >= 11 is 0. The van der Waals surface area contributed by atoms with E-state index in [0.29, 0.717) is 18.2 Å². The van der Waals surface area contributed by atoms with E-state index in [4.69, 9.17) is 10.00 Å². The van der Waals surface area contributed by atoms with E-state index in [1.54, 1.807) is 6.07 Å². The maximum Gasteiger partial charge on any atom is 0.416 e. The Morgan fingerprint density at radius 1 is 0.933 bits per heavy atom. The molecule has 3 rings (SSSR count). The Balaban J connectivity index is 1.96. The second-order valence-corrected chi connectivity index (χ2v) is 6.03. The van der Waals surface area contributed by atoms with Crippen LogP contribution in [0.1, 0.15) is 22.4 Å². The number of H-pyrrole nitrogens is 1. The van der Waals surface area contributed by atoms with Gasteiger partial charge < -0.3 is 4.74 Å². The summed E-state index contributed by atoms with van der Waals surface area (Å²) in [7, 11) is 0. The van der Waals surface area contributed by atoms with E-state index >= 15 is 0 Å². The zero-order valence-electron chi connectivity index (χ0n) is 14.6. The molecule has 0 saturated heterocycles. The third-order valence-electron chi connectivity index (χ3n) is 3.86. The third kappa shape index (κ3) is 4.68. The van der Waals surface area contributed by atoms with Gasteiger partial charge >= 0.3 is 12.4 Å². The molecule has 0 bridgehead atoms. The van der Waals surface area contributed by atoms with E-state index < -0.39 is 35.9 Å². The molecule has 0 spiro atoms. The van der Waals surface area contributed by atoms with Crippen molar-refractivity contribution in [3.63, 3.8) is 0 Å². The molecule has 2 aromatic carbocycles. The van der Waals surface area contributed by atoms with Gasteiger partial charge in [-0.25, -0.2) is 9.49 Å². The van der Waals surface area contributed by atoms with Crippen molar-refractivity contribution in [3.05, 3.63) is 64.6 Å². The molecule has 1 heterocycles. The van der Waals surface area contributed by atoms with Crippen LogP contribution in [0.5, 0.6) is 5.75 Å². The topological polar surface area (TPSA) is 74.6 Å². The molecule has 1 aromatic heterocycles. The number of nitrogens with zero attached hydrogens (tertiary/aromatic N) is 3. The van der Waals surface area contributed by atoms with Gasteiger partial charge in [-0.1, -0.05) is 5.21 Å². The molecule has 0 aliphatic rings. The Morgan fingerprint density at radius 3 is 2.23 bits per heavy atom. The van der Waals surface area contributed by atoms with E-state index in [0.717, 1.165) is 18.2 Å². The lowest BCUT2D eigenvalue weighted by atomic mass is 10.1.